The highest BCUT2D eigenvalue weighted by Gasteiger charge is 2.33. The SMILES string of the molecule is CC1(C)Cc2cccc(OCC(=O)N3CCN(C(=O)c4ccc(F)cc4Cl)CC3)c2O1. The van der Waals surface area contributed by atoms with E-state index in [-0.39, 0.29) is 34.6 Å². The fourth-order valence-electron chi connectivity index (χ4n) is 3.92. The predicted octanol–water partition coefficient (Wildman–Crippen LogP) is 3.56. The number of para-hydroxylation sites is 1. The maximum absolute atomic E-state index is 13.2. The van der Waals surface area contributed by atoms with Gasteiger partial charge in [0.05, 0.1) is 10.6 Å². The zero-order valence-electron chi connectivity index (χ0n) is 17.5. The van der Waals surface area contributed by atoms with Gasteiger partial charge in [-0.15, -0.1) is 0 Å². The number of ether oxygens (including phenoxy) is 2. The summed E-state index contributed by atoms with van der Waals surface area (Å²) in [6, 6.07) is 9.42. The van der Waals surface area contributed by atoms with Crippen molar-refractivity contribution in [1.29, 1.82) is 0 Å². The van der Waals surface area contributed by atoms with Crippen LogP contribution in [0.1, 0.15) is 29.8 Å². The average molecular weight is 447 g/mol. The summed E-state index contributed by atoms with van der Waals surface area (Å²) in [7, 11) is 0. The van der Waals surface area contributed by atoms with Gasteiger partial charge >= 0.3 is 0 Å². The van der Waals surface area contributed by atoms with Crippen molar-refractivity contribution in [2.24, 2.45) is 0 Å². The van der Waals surface area contributed by atoms with Gasteiger partial charge in [-0.3, -0.25) is 9.59 Å². The normalized spacial score (nSPS) is 17.2. The van der Waals surface area contributed by atoms with Crippen molar-refractivity contribution < 1.29 is 23.5 Å². The van der Waals surface area contributed by atoms with Crippen LogP contribution in [0.5, 0.6) is 11.5 Å². The molecule has 0 aromatic heterocycles. The third kappa shape index (κ3) is 4.61. The van der Waals surface area contributed by atoms with Gasteiger partial charge in [0.25, 0.3) is 11.8 Å². The highest BCUT2D eigenvalue weighted by Crippen LogP contribution is 2.41. The maximum Gasteiger partial charge on any atom is 0.260 e. The quantitative estimate of drug-likeness (QED) is 0.720. The third-order valence-electron chi connectivity index (χ3n) is 5.49. The van der Waals surface area contributed by atoms with E-state index < -0.39 is 5.82 Å². The molecule has 0 unspecified atom stereocenters. The number of carbonyl (C=O) groups excluding carboxylic acids is 2. The molecule has 0 atom stereocenters. The molecule has 8 heteroatoms. The van der Waals surface area contributed by atoms with Gasteiger partial charge in [0.2, 0.25) is 0 Å². The van der Waals surface area contributed by atoms with E-state index in [1.165, 1.54) is 12.1 Å². The van der Waals surface area contributed by atoms with E-state index in [1.54, 1.807) is 15.9 Å². The van der Waals surface area contributed by atoms with Crippen molar-refractivity contribution in [3.63, 3.8) is 0 Å². The topological polar surface area (TPSA) is 59.1 Å². The van der Waals surface area contributed by atoms with Crippen LogP contribution in [0.4, 0.5) is 4.39 Å². The Morgan fingerprint density at radius 2 is 1.84 bits per heavy atom. The highest BCUT2D eigenvalue weighted by molar-refractivity contribution is 6.33. The van der Waals surface area contributed by atoms with Gasteiger partial charge in [-0.2, -0.15) is 0 Å². The smallest absolute Gasteiger partial charge is 0.260 e. The summed E-state index contributed by atoms with van der Waals surface area (Å²) in [6.45, 7) is 5.46. The van der Waals surface area contributed by atoms with Crippen LogP contribution in [0.3, 0.4) is 0 Å². The van der Waals surface area contributed by atoms with Gasteiger partial charge < -0.3 is 19.3 Å². The second-order valence-electron chi connectivity index (χ2n) is 8.37. The summed E-state index contributed by atoms with van der Waals surface area (Å²) in [6.07, 6.45) is 0.793. The number of halogens is 2. The van der Waals surface area contributed by atoms with Gasteiger partial charge in [0, 0.05) is 38.2 Å². The molecule has 31 heavy (non-hydrogen) atoms. The highest BCUT2D eigenvalue weighted by atomic mass is 35.5. The van der Waals surface area contributed by atoms with Crippen molar-refractivity contribution in [2.45, 2.75) is 25.9 Å². The minimum Gasteiger partial charge on any atom is -0.483 e. The van der Waals surface area contributed by atoms with Gasteiger partial charge in [-0.05, 0) is 38.1 Å². The molecule has 2 aliphatic rings. The van der Waals surface area contributed by atoms with Crippen LogP contribution < -0.4 is 9.47 Å². The summed E-state index contributed by atoms with van der Waals surface area (Å²) >= 11 is 6.00. The van der Waals surface area contributed by atoms with Crippen LogP contribution >= 0.6 is 11.6 Å². The molecular weight excluding hydrogens is 423 g/mol. The van der Waals surface area contributed by atoms with Crippen LogP contribution in [0.15, 0.2) is 36.4 Å². The van der Waals surface area contributed by atoms with Gasteiger partial charge in [0.1, 0.15) is 11.4 Å². The van der Waals surface area contributed by atoms with E-state index in [0.29, 0.717) is 37.7 Å². The standard InChI is InChI=1S/C23H24ClFN2O4/c1-23(2)13-15-4-3-5-19(21(15)31-23)30-14-20(28)26-8-10-27(11-9-26)22(29)17-7-6-16(25)12-18(17)24/h3-7,12H,8-11,13-14H2,1-2H3. The van der Waals surface area contributed by atoms with Gasteiger partial charge in [-0.25, -0.2) is 4.39 Å². The number of amides is 2. The first-order valence-corrected chi connectivity index (χ1v) is 10.6. The molecule has 2 heterocycles. The molecule has 2 amide bonds. The number of carbonyl (C=O) groups is 2. The van der Waals surface area contributed by atoms with Crippen molar-refractivity contribution in [3.8, 4) is 11.5 Å². The molecule has 0 saturated carbocycles. The largest absolute Gasteiger partial charge is 0.483 e. The maximum atomic E-state index is 13.2. The lowest BCUT2D eigenvalue weighted by Gasteiger charge is -2.35. The molecule has 1 fully saturated rings. The van der Waals surface area contributed by atoms with Crippen LogP contribution in [0.2, 0.25) is 5.02 Å². The number of piperazine rings is 1. The van der Waals surface area contributed by atoms with E-state index >= 15 is 0 Å². The Labute approximate surface area is 185 Å². The molecule has 0 spiro atoms. The fraction of sp³-hybridized carbons (Fsp3) is 0.391. The molecule has 4 rings (SSSR count). The molecule has 2 aromatic carbocycles. The third-order valence-corrected chi connectivity index (χ3v) is 5.80. The Hall–Kier alpha value is -2.80. The first-order chi connectivity index (χ1) is 14.7. The van der Waals surface area contributed by atoms with Crippen LogP contribution in [-0.2, 0) is 11.2 Å². The number of nitrogens with zero attached hydrogens (tertiary/aromatic N) is 2. The van der Waals surface area contributed by atoms with E-state index in [0.717, 1.165) is 18.1 Å². The second kappa shape index (κ2) is 8.38. The first-order valence-electron chi connectivity index (χ1n) is 10.2. The molecule has 2 aromatic rings. The molecule has 1 saturated heterocycles. The fourth-order valence-corrected chi connectivity index (χ4v) is 4.17. The average Bonchev–Trinajstić information content (AvgIpc) is 3.06. The second-order valence-corrected chi connectivity index (χ2v) is 8.78. The Balaban J connectivity index is 1.31. The van der Waals surface area contributed by atoms with Crippen molar-refractivity contribution in [2.75, 3.05) is 32.8 Å². The van der Waals surface area contributed by atoms with E-state index in [2.05, 4.69) is 0 Å². The van der Waals surface area contributed by atoms with Gasteiger partial charge in [-0.1, -0.05) is 23.7 Å². The number of rotatable bonds is 4. The Kier molecular flexibility index (Phi) is 5.79. The number of fused-ring (bicyclic) bond motifs is 1. The minimum atomic E-state index is -0.491. The first kappa shape index (κ1) is 21.4. The summed E-state index contributed by atoms with van der Waals surface area (Å²) in [5.74, 6) is 0.354. The van der Waals surface area contributed by atoms with Crippen molar-refractivity contribution in [3.05, 3.63) is 58.4 Å². The van der Waals surface area contributed by atoms with E-state index in [9.17, 15) is 14.0 Å². The van der Waals surface area contributed by atoms with E-state index in [1.807, 2.05) is 26.0 Å². The lowest BCUT2D eigenvalue weighted by Crippen LogP contribution is -2.51. The van der Waals surface area contributed by atoms with Crippen LogP contribution in [-0.4, -0.2) is 60.0 Å². The predicted molar refractivity (Wildman–Crippen MR) is 114 cm³/mol. The summed E-state index contributed by atoms with van der Waals surface area (Å²) in [5, 5.41) is 0.0812. The molecule has 0 N–H and O–H groups in total. The molecule has 0 bridgehead atoms. The number of benzene rings is 2. The summed E-state index contributed by atoms with van der Waals surface area (Å²) in [4.78, 5) is 28.6. The Bertz CT molecular complexity index is 1020. The van der Waals surface area contributed by atoms with Crippen LogP contribution in [0.25, 0.3) is 0 Å². The lowest BCUT2D eigenvalue weighted by molar-refractivity contribution is -0.134. The molecule has 0 aliphatic carbocycles. The Morgan fingerprint density at radius 3 is 2.55 bits per heavy atom. The zero-order chi connectivity index (χ0) is 22.2. The Morgan fingerprint density at radius 1 is 1.13 bits per heavy atom. The summed E-state index contributed by atoms with van der Waals surface area (Å²) in [5.41, 5.74) is 1.04. The minimum absolute atomic E-state index is 0.0812. The van der Waals surface area contributed by atoms with Crippen LogP contribution in [0, 0.1) is 5.82 Å². The molecule has 2 aliphatic heterocycles. The van der Waals surface area contributed by atoms with E-state index in [4.69, 9.17) is 21.1 Å². The molecule has 6 nitrogen and oxygen atoms in total. The molecule has 0 radical (unpaired) electrons. The van der Waals surface area contributed by atoms with Crippen molar-refractivity contribution in [1.82, 2.24) is 9.80 Å². The van der Waals surface area contributed by atoms with Crippen molar-refractivity contribution >= 4 is 23.4 Å². The number of hydrogen-bond acceptors (Lipinski definition) is 4. The lowest BCUT2D eigenvalue weighted by atomic mass is 10.0. The number of hydrogen-bond donors (Lipinski definition) is 0. The summed E-state index contributed by atoms with van der Waals surface area (Å²) < 4.78 is 25.0. The monoisotopic (exact) mass is 446 g/mol. The van der Waals surface area contributed by atoms with Gasteiger partial charge in [0.15, 0.2) is 18.1 Å². The molecular formula is C23H24ClFN2O4. The molecule has 164 valence electrons. The zero-order valence-corrected chi connectivity index (χ0v) is 18.2.